The Labute approximate surface area is 197 Å². The third kappa shape index (κ3) is 6.06. The number of carbonyl (C=O) groups excluding carboxylic acids is 1. The lowest BCUT2D eigenvalue weighted by molar-refractivity contribution is 0.0955. The Morgan fingerprint density at radius 2 is 1.93 bits per heavy atom. The minimum atomic E-state index is -0.285. The molecule has 3 aromatic carbocycles. The van der Waals surface area contributed by atoms with Crippen LogP contribution in [0.25, 0.3) is 0 Å². The normalized spacial score (nSPS) is 10.8. The lowest BCUT2D eigenvalue weighted by Gasteiger charge is -2.13. The molecule has 1 amide bonds. The van der Waals surface area contributed by atoms with E-state index in [1.54, 1.807) is 31.5 Å². The van der Waals surface area contributed by atoms with Crippen LogP contribution in [-0.4, -0.2) is 19.2 Å². The number of ether oxygens (including phenoxy) is 2. The average molecular weight is 579 g/mol. The highest BCUT2D eigenvalue weighted by molar-refractivity contribution is 14.1. The van der Waals surface area contributed by atoms with Gasteiger partial charge in [-0.15, -0.1) is 0 Å². The molecular weight excluding hydrogens is 559 g/mol. The fourth-order valence-corrected chi connectivity index (χ4v) is 3.83. The third-order valence-corrected chi connectivity index (χ3v) is 5.52. The van der Waals surface area contributed by atoms with E-state index in [1.807, 2.05) is 30.3 Å². The Balaban J connectivity index is 1.69. The molecule has 3 aromatic rings. The summed E-state index contributed by atoms with van der Waals surface area (Å²) < 4.78 is 13.2. The van der Waals surface area contributed by atoms with Gasteiger partial charge in [-0.25, -0.2) is 5.43 Å². The van der Waals surface area contributed by atoms with Gasteiger partial charge >= 0.3 is 0 Å². The second-order valence-electron chi connectivity index (χ2n) is 6.52. The highest BCUT2D eigenvalue weighted by Crippen LogP contribution is 2.34. The van der Waals surface area contributed by atoms with Gasteiger partial charge in [-0.05, 0) is 71.0 Å². The largest absolute Gasteiger partial charge is 0.493 e. The molecule has 0 bridgehead atoms. The van der Waals surface area contributed by atoms with E-state index in [1.165, 1.54) is 5.56 Å². The number of methoxy groups -OCH3 is 1. The smallest absolute Gasteiger partial charge is 0.271 e. The molecule has 0 fully saturated rings. The third-order valence-electron chi connectivity index (χ3n) is 4.22. The second-order valence-corrected chi connectivity index (χ2v) is 8.60. The monoisotopic (exact) mass is 578 g/mol. The maximum Gasteiger partial charge on any atom is 0.271 e. The van der Waals surface area contributed by atoms with Crippen molar-refractivity contribution in [2.24, 2.45) is 5.10 Å². The second kappa shape index (κ2) is 10.6. The zero-order valence-electron chi connectivity index (χ0n) is 16.5. The molecule has 0 aliphatic rings. The molecule has 30 heavy (non-hydrogen) atoms. The van der Waals surface area contributed by atoms with Gasteiger partial charge in [0.2, 0.25) is 0 Å². The highest BCUT2D eigenvalue weighted by atomic mass is 127. The zero-order valence-corrected chi connectivity index (χ0v) is 20.2. The number of halogens is 2. The quantitative estimate of drug-likeness (QED) is 0.222. The van der Waals surface area contributed by atoms with E-state index in [4.69, 9.17) is 9.47 Å². The standard InChI is InChI=1S/C23H20BrIN2O3/c1-15-6-8-16(9-7-15)14-30-22-20(25)10-17(11-21(22)29-2)13-26-27-23(28)18-4-3-5-19(24)12-18/h3-13H,14H2,1-2H3,(H,27,28)/b26-13-. The first-order valence-corrected chi connectivity index (χ1v) is 11.0. The van der Waals surface area contributed by atoms with E-state index in [-0.39, 0.29) is 5.91 Å². The van der Waals surface area contributed by atoms with Gasteiger partial charge in [0.05, 0.1) is 16.9 Å². The Bertz CT molecular complexity index is 1070. The van der Waals surface area contributed by atoms with Crippen molar-refractivity contribution in [1.82, 2.24) is 5.43 Å². The minimum Gasteiger partial charge on any atom is -0.493 e. The van der Waals surface area contributed by atoms with Crippen LogP contribution in [0.2, 0.25) is 0 Å². The van der Waals surface area contributed by atoms with Crippen LogP contribution < -0.4 is 14.9 Å². The number of hydrogen-bond acceptors (Lipinski definition) is 4. The highest BCUT2D eigenvalue weighted by Gasteiger charge is 2.12. The first-order chi connectivity index (χ1) is 14.5. The zero-order chi connectivity index (χ0) is 21.5. The molecule has 0 aliphatic heterocycles. The first kappa shape index (κ1) is 22.3. The Hall–Kier alpha value is -2.39. The fourth-order valence-electron chi connectivity index (χ4n) is 2.65. The number of hydrazone groups is 1. The van der Waals surface area contributed by atoms with Gasteiger partial charge in [0.15, 0.2) is 11.5 Å². The maximum absolute atomic E-state index is 12.2. The van der Waals surface area contributed by atoms with Crippen LogP contribution in [0.15, 0.2) is 70.2 Å². The van der Waals surface area contributed by atoms with E-state index in [2.05, 4.69) is 68.1 Å². The summed E-state index contributed by atoms with van der Waals surface area (Å²) in [6.07, 6.45) is 1.57. The SMILES string of the molecule is COc1cc(/C=N\NC(=O)c2cccc(Br)c2)cc(I)c1OCc1ccc(C)cc1. The van der Waals surface area contributed by atoms with Crippen molar-refractivity contribution in [2.45, 2.75) is 13.5 Å². The van der Waals surface area contributed by atoms with Crippen molar-refractivity contribution in [3.8, 4) is 11.5 Å². The van der Waals surface area contributed by atoms with E-state index in [0.717, 1.165) is 19.2 Å². The molecule has 0 heterocycles. The van der Waals surface area contributed by atoms with Gasteiger partial charge in [0, 0.05) is 10.0 Å². The molecule has 0 saturated heterocycles. The first-order valence-electron chi connectivity index (χ1n) is 9.11. The van der Waals surface area contributed by atoms with Crippen LogP contribution >= 0.6 is 38.5 Å². The number of rotatable bonds is 7. The molecule has 3 rings (SSSR count). The summed E-state index contributed by atoms with van der Waals surface area (Å²) in [5.74, 6) is 0.995. The topological polar surface area (TPSA) is 59.9 Å². The fraction of sp³-hybridized carbons (Fsp3) is 0.130. The molecule has 5 nitrogen and oxygen atoms in total. The van der Waals surface area contributed by atoms with Crippen molar-refractivity contribution in [3.05, 3.63) is 91.0 Å². The van der Waals surface area contributed by atoms with Crippen LogP contribution in [0.5, 0.6) is 11.5 Å². The number of aryl methyl sites for hydroxylation is 1. The number of nitrogens with zero attached hydrogens (tertiary/aromatic N) is 1. The number of amides is 1. The predicted molar refractivity (Wildman–Crippen MR) is 130 cm³/mol. The van der Waals surface area contributed by atoms with E-state index in [9.17, 15) is 4.79 Å². The molecule has 0 aromatic heterocycles. The summed E-state index contributed by atoms with van der Waals surface area (Å²) in [5, 5.41) is 4.06. The molecule has 1 N–H and O–H groups in total. The van der Waals surface area contributed by atoms with Gasteiger partial charge in [-0.2, -0.15) is 5.10 Å². The van der Waals surface area contributed by atoms with Crippen LogP contribution in [0, 0.1) is 10.5 Å². The number of benzene rings is 3. The van der Waals surface area contributed by atoms with E-state index >= 15 is 0 Å². The Morgan fingerprint density at radius 1 is 1.17 bits per heavy atom. The van der Waals surface area contributed by atoms with Crippen LogP contribution in [-0.2, 0) is 6.61 Å². The summed E-state index contributed by atoms with van der Waals surface area (Å²) in [6, 6.07) is 19.1. The van der Waals surface area contributed by atoms with Crippen molar-refractivity contribution in [3.63, 3.8) is 0 Å². The molecule has 7 heteroatoms. The van der Waals surface area contributed by atoms with Crippen molar-refractivity contribution >= 4 is 50.6 Å². The van der Waals surface area contributed by atoms with Crippen molar-refractivity contribution in [1.29, 1.82) is 0 Å². The number of carbonyl (C=O) groups is 1. The number of nitrogens with one attached hydrogen (secondary N) is 1. The summed E-state index contributed by atoms with van der Waals surface area (Å²) in [7, 11) is 1.60. The molecule has 0 spiro atoms. The molecule has 0 radical (unpaired) electrons. The minimum absolute atomic E-state index is 0.285. The molecule has 154 valence electrons. The van der Waals surface area contributed by atoms with Crippen LogP contribution in [0.4, 0.5) is 0 Å². The molecule has 0 unspecified atom stereocenters. The summed E-state index contributed by atoms with van der Waals surface area (Å²) in [4.78, 5) is 12.2. The molecule has 0 atom stereocenters. The van der Waals surface area contributed by atoms with Gasteiger partial charge < -0.3 is 9.47 Å². The van der Waals surface area contributed by atoms with Gasteiger partial charge in [-0.1, -0.05) is 51.8 Å². The van der Waals surface area contributed by atoms with Gasteiger partial charge in [0.1, 0.15) is 6.61 Å². The summed E-state index contributed by atoms with van der Waals surface area (Å²) in [6.45, 7) is 2.50. The van der Waals surface area contributed by atoms with Gasteiger partial charge in [0.25, 0.3) is 5.91 Å². The maximum atomic E-state index is 12.2. The molecule has 0 aliphatic carbocycles. The van der Waals surface area contributed by atoms with Crippen LogP contribution in [0.1, 0.15) is 27.0 Å². The van der Waals surface area contributed by atoms with E-state index in [0.29, 0.717) is 23.7 Å². The molecule has 0 saturated carbocycles. The molecular formula is C23H20BrIN2O3. The Morgan fingerprint density at radius 3 is 2.63 bits per heavy atom. The lowest BCUT2D eigenvalue weighted by Crippen LogP contribution is -2.17. The summed E-state index contributed by atoms with van der Waals surface area (Å²) >= 11 is 5.55. The predicted octanol–water partition coefficient (Wildman–Crippen LogP) is 5.71. The van der Waals surface area contributed by atoms with Crippen molar-refractivity contribution in [2.75, 3.05) is 7.11 Å². The Kier molecular flexibility index (Phi) is 7.87. The van der Waals surface area contributed by atoms with Gasteiger partial charge in [-0.3, -0.25) is 4.79 Å². The number of hydrogen-bond donors (Lipinski definition) is 1. The lowest BCUT2D eigenvalue weighted by atomic mass is 10.2. The summed E-state index contributed by atoms with van der Waals surface area (Å²) in [5.41, 5.74) is 6.13. The van der Waals surface area contributed by atoms with E-state index < -0.39 is 0 Å². The van der Waals surface area contributed by atoms with Crippen molar-refractivity contribution < 1.29 is 14.3 Å². The van der Waals surface area contributed by atoms with Crippen LogP contribution in [0.3, 0.4) is 0 Å². The average Bonchev–Trinajstić information content (AvgIpc) is 2.73.